The van der Waals surface area contributed by atoms with Gasteiger partial charge in [-0.2, -0.15) is 0 Å². The summed E-state index contributed by atoms with van der Waals surface area (Å²) in [6, 6.07) is 59.3. The molecule has 0 saturated heterocycles. The molecule has 0 fully saturated rings. The largest absolute Gasteiger partial charge is 0.592 e. The summed E-state index contributed by atoms with van der Waals surface area (Å²) >= 11 is 0. The molecule has 4 heteroatoms. The van der Waals surface area contributed by atoms with E-state index < -0.39 is 12.7 Å². The Bertz CT molecular complexity index is 2380. The molecule has 0 unspecified atom stereocenters. The highest BCUT2D eigenvalue weighted by Gasteiger charge is 2.46. The molecule has 3 nitrogen and oxygen atoms in total. The molecule has 0 radical (unpaired) electrons. The van der Waals surface area contributed by atoms with Gasteiger partial charge >= 0.3 is 7.25 Å². The monoisotopic (exact) mass is 603 g/mol. The normalized spacial score (nSPS) is 13.1. The molecule has 1 aliphatic carbocycles. The third-order valence-corrected chi connectivity index (χ3v) is 9.96. The highest BCUT2D eigenvalue weighted by molar-refractivity contribution is 6.49. The van der Waals surface area contributed by atoms with Gasteiger partial charge in [0.2, 0.25) is 0 Å². The third-order valence-electron chi connectivity index (χ3n) is 9.96. The van der Waals surface area contributed by atoms with Crippen LogP contribution in [0.2, 0.25) is 0 Å². The van der Waals surface area contributed by atoms with Crippen molar-refractivity contribution in [3.63, 3.8) is 0 Å². The second kappa shape index (κ2) is 10.7. The van der Waals surface area contributed by atoms with Crippen molar-refractivity contribution in [1.29, 1.82) is 0 Å². The Hall–Kier alpha value is -5.68. The van der Waals surface area contributed by atoms with Crippen molar-refractivity contribution in [2.75, 3.05) is 4.81 Å². The van der Waals surface area contributed by atoms with Gasteiger partial charge < -0.3 is 14.9 Å². The number of anilines is 2. The van der Waals surface area contributed by atoms with Crippen molar-refractivity contribution < 1.29 is 10.0 Å². The SMILES string of the molecule is OB(O)N(c1ccc2c(c1)C(c1ccccc1)(c1ccccc1)c1ccccc1-2)c1ccc2c3ccccc3c3ccccc3c2c1. The standard InChI is InChI=1S/C43H30BNO2/c46-44(47)45(31-23-25-37-35-19-8-7-17-33(35)34-18-9-10-20-36(34)40(37)27-31)32-24-26-39-38-21-11-12-22-41(38)43(42(39)28-32,29-13-3-1-4-14-29)30-15-5-2-6-16-30/h1-28,46-47H. The van der Waals surface area contributed by atoms with Crippen molar-refractivity contribution in [2.24, 2.45) is 0 Å². The van der Waals surface area contributed by atoms with Crippen LogP contribution in [0.25, 0.3) is 43.4 Å². The fraction of sp³-hybridized carbons (Fsp3) is 0.0233. The molecule has 0 aromatic heterocycles. The fourth-order valence-corrected chi connectivity index (χ4v) is 8.04. The Morgan fingerprint density at radius 3 is 1.43 bits per heavy atom. The van der Waals surface area contributed by atoms with Crippen LogP contribution in [-0.4, -0.2) is 17.3 Å². The Balaban J connectivity index is 1.30. The highest BCUT2D eigenvalue weighted by Crippen LogP contribution is 2.57. The van der Waals surface area contributed by atoms with Crippen LogP contribution in [-0.2, 0) is 5.41 Å². The zero-order valence-electron chi connectivity index (χ0n) is 25.6. The van der Waals surface area contributed by atoms with E-state index in [9.17, 15) is 10.0 Å². The third kappa shape index (κ3) is 4.02. The van der Waals surface area contributed by atoms with E-state index >= 15 is 0 Å². The van der Waals surface area contributed by atoms with Crippen LogP contribution in [0.5, 0.6) is 0 Å². The van der Waals surface area contributed by atoms with Gasteiger partial charge in [0.15, 0.2) is 0 Å². The minimum absolute atomic E-state index is 0.588. The van der Waals surface area contributed by atoms with Gasteiger partial charge in [0.05, 0.1) is 5.41 Å². The zero-order valence-corrected chi connectivity index (χ0v) is 25.6. The van der Waals surface area contributed by atoms with E-state index in [4.69, 9.17) is 0 Å². The second-order valence-corrected chi connectivity index (χ2v) is 12.3. The zero-order chi connectivity index (χ0) is 31.5. The quantitative estimate of drug-likeness (QED) is 0.152. The van der Waals surface area contributed by atoms with Gasteiger partial charge in [-0.1, -0.05) is 146 Å². The second-order valence-electron chi connectivity index (χ2n) is 12.3. The van der Waals surface area contributed by atoms with E-state index in [0.717, 1.165) is 38.4 Å². The van der Waals surface area contributed by atoms with Crippen LogP contribution in [0.15, 0.2) is 170 Å². The summed E-state index contributed by atoms with van der Waals surface area (Å²) in [5.74, 6) is 0. The molecule has 9 rings (SSSR count). The van der Waals surface area contributed by atoms with Crippen molar-refractivity contribution in [3.05, 3.63) is 192 Å². The summed E-state index contributed by atoms with van der Waals surface area (Å²) in [7, 11) is -1.76. The van der Waals surface area contributed by atoms with Crippen LogP contribution < -0.4 is 4.81 Å². The van der Waals surface area contributed by atoms with Gasteiger partial charge in [-0.3, -0.25) is 0 Å². The minimum atomic E-state index is -1.76. The molecule has 0 atom stereocenters. The van der Waals surface area contributed by atoms with E-state index in [1.807, 2.05) is 12.1 Å². The van der Waals surface area contributed by atoms with Crippen molar-refractivity contribution in [1.82, 2.24) is 0 Å². The maximum absolute atomic E-state index is 11.0. The summed E-state index contributed by atoms with van der Waals surface area (Å²) in [6.07, 6.45) is 0. The molecule has 8 aromatic carbocycles. The van der Waals surface area contributed by atoms with Crippen molar-refractivity contribution in [3.8, 4) is 11.1 Å². The fourth-order valence-electron chi connectivity index (χ4n) is 8.04. The lowest BCUT2D eigenvalue weighted by Gasteiger charge is -2.34. The first-order chi connectivity index (χ1) is 23.2. The molecule has 1 aliphatic rings. The number of benzene rings is 8. The van der Waals surface area contributed by atoms with Crippen LogP contribution in [0.3, 0.4) is 0 Å². The maximum atomic E-state index is 11.0. The Morgan fingerprint density at radius 1 is 0.383 bits per heavy atom. The molecule has 0 heterocycles. The Kier molecular flexibility index (Phi) is 6.29. The lowest BCUT2D eigenvalue weighted by Crippen LogP contribution is -2.36. The molecular formula is C43H30BNO2. The average molecular weight is 604 g/mol. The van der Waals surface area contributed by atoms with E-state index in [1.165, 1.54) is 27.3 Å². The lowest BCUT2D eigenvalue weighted by atomic mass is 9.67. The van der Waals surface area contributed by atoms with Gasteiger partial charge in [0.25, 0.3) is 0 Å². The smallest absolute Gasteiger partial charge is 0.407 e. The summed E-state index contributed by atoms with van der Waals surface area (Å²) in [5, 5.41) is 29.0. The Labute approximate surface area is 273 Å². The molecular weight excluding hydrogens is 573 g/mol. The first-order valence-corrected chi connectivity index (χ1v) is 16.0. The van der Waals surface area contributed by atoms with E-state index in [1.54, 1.807) is 4.81 Å². The number of rotatable bonds is 5. The van der Waals surface area contributed by atoms with Crippen LogP contribution in [0, 0.1) is 0 Å². The van der Waals surface area contributed by atoms with Crippen molar-refractivity contribution in [2.45, 2.75) is 5.41 Å². The van der Waals surface area contributed by atoms with Gasteiger partial charge in [-0.15, -0.1) is 0 Å². The van der Waals surface area contributed by atoms with E-state index in [0.29, 0.717) is 11.4 Å². The number of hydrogen-bond acceptors (Lipinski definition) is 3. The Morgan fingerprint density at radius 2 is 0.830 bits per heavy atom. The first-order valence-electron chi connectivity index (χ1n) is 16.0. The molecule has 0 aliphatic heterocycles. The first kappa shape index (κ1) is 27.6. The topological polar surface area (TPSA) is 43.7 Å². The van der Waals surface area contributed by atoms with E-state index in [2.05, 4.69) is 158 Å². The molecule has 2 N–H and O–H groups in total. The van der Waals surface area contributed by atoms with Crippen LogP contribution in [0.4, 0.5) is 11.4 Å². The molecule has 8 aromatic rings. The summed E-state index contributed by atoms with van der Waals surface area (Å²) in [6.45, 7) is 0. The molecule has 0 amide bonds. The summed E-state index contributed by atoms with van der Waals surface area (Å²) in [4.78, 5) is 1.62. The molecule has 0 spiro atoms. The van der Waals surface area contributed by atoms with Gasteiger partial charge in [0, 0.05) is 11.4 Å². The van der Waals surface area contributed by atoms with Crippen molar-refractivity contribution >= 4 is 50.9 Å². The van der Waals surface area contributed by atoms with Gasteiger partial charge in [-0.25, -0.2) is 0 Å². The number of hydrogen-bond donors (Lipinski definition) is 2. The number of nitrogens with zero attached hydrogens (tertiary/aromatic N) is 1. The average Bonchev–Trinajstić information content (AvgIpc) is 3.43. The number of fused-ring (bicyclic) bond motifs is 9. The maximum Gasteiger partial charge on any atom is 0.592 e. The van der Waals surface area contributed by atoms with Gasteiger partial charge in [0.1, 0.15) is 0 Å². The molecule has 47 heavy (non-hydrogen) atoms. The predicted molar refractivity (Wildman–Crippen MR) is 195 cm³/mol. The summed E-state index contributed by atoms with van der Waals surface area (Å²) < 4.78 is 0. The van der Waals surface area contributed by atoms with Gasteiger partial charge in [-0.05, 0) is 90.0 Å². The molecule has 222 valence electrons. The molecule has 0 saturated carbocycles. The lowest BCUT2D eigenvalue weighted by molar-refractivity contribution is 0.407. The van der Waals surface area contributed by atoms with Crippen LogP contribution >= 0.6 is 0 Å². The highest BCUT2D eigenvalue weighted by atomic mass is 16.4. The minimum Gasteiger partial charge on any atom is -0.407 e. The molecule has 0 bridgehead atoms. The summed E-state index contributed by atoms with van der Waals surface area (Å²) in [5.41, 5.74) is 7.78. The van der Waals surface area contributed by atoms with E-state index in [-0.39, 0.29) is 0 Å². The predicted octanol–water partition coefficient (Wildman–Crippen LogP) is 9.62. The van der Waals surface area contributed by atoms with Crippen LogP contribution in [0.1, 0.15) is 22.3 Å².